The molecule has 0 radical (unpaired) electrons. The van der Waals surface area contributed by atoms with Gasteiger partial charge in [-0.15, -0.1) is 12.8 Å². The van der Waals surface area contributed by atoms with Gasteiger partial charge < -0.3 is 0 Å². The van der Waals surface area contributed by atoms with Gasteiger partial charge in [0.15, 0.2) is 0 Å². The van der Waals surface area contributed by atoms with E-state index in [-0.39, 0.29) is 0 Å². The van der Waals surface area contributed by atoms with E-state index >= 15 is 0 Å². The Hall–Kier alpha value is -0.700. The lowest BCUT2D eigenvalue weighted by atomic mass is 10.1. The van der Waals surface area contributed by atoms with E-state index in [1.165, 1.54) is 25.7 Å². The monoisotopic (exact) mass is 108 g/mol. The minimum Gasteiger partial charge on any atom is -0.124 e. The van der Waals surface area contributed by atoms with Crippen LogP contribution in [-0.2, 0) is 0 Å². The molecule has 0 N–H and O–H groups in total. The van der Waals surface area contributed by atoms with Crippen molar-refractivity contribution >= 4 is 0 Å². The highest BCUT2D eigenvalue weighted by molar-refractivity contribution is 4.85. The standard InChI is InChI=1S/C6H10.C2H2/c1-2-4-6-5-3-1;1-2/h1-2H,3-6H2;1-2H. The third-order valence-electron chi connectivity index (χ3n) is 1.16. The fourth-order valence-corrected chi connectivity index (χ4v) is 0.760. The predicted molar refractivity (Wildman–Crippen MR) is 37.5 cm³/mol. The van der Waals surface area contributed by atoms with E-state index in [2.05, 4.69) is 25.0 Å². The van der Waals surface area contributed by atoms with E-state index in [1.807, 2.05) is 0 Å². The lowest BCUT2D eigenvalue weighted by molar-refractivity contribution is 0.730. The van der Waals surface area contributed by atoms with E-state index in [9.17, 15) is 0 Å². The van der Waals surface area contributed by atoms with Crippen LogP contribution in [-0.4, -0.2) is 0 Å². The van der Waals surface area contributed by atoms with Crippen LogP contribution in [0.5, 0.6) is 0 Å². The molecule has 0 fully saturated rings. The third kappa shape index (κ3) is 3.49. The maximum Gasteiger partial charge on any atom is -0.0351 e. The Kier molecular flexibility index (Phi) is 5.75. The molecule has 1 rings (SSSR count). The van der Waals surface area contributed by atoms with Gasteiger partial charge in [0, 0.05) is 0 Å². The molecule has 0 amide bonds. The Labute approximate surface area is 51.6 Å². The summed E-state index contributed by atoms with van der Waals surface area (Å²) in [5.41, 5.74) is 0. The van der Waals surface area contributed by atoms with Crippen molar-refractivity contribution in [1.29, 1.82) is 0 Å². The Morgan fingerprint density at radius 3 is 1.38 bits per heavy atom. The molecular formula is C8H12. The second-order valence-corrected chi connectivity index (χ2v) is 1.76. The van der Waals surface area contributed by atoms with Crippen molar-refractivity contribution < 1.29 is 0 Å². The Morgan fingerprint density at radius 1 is 0.875 bits per heavy atom. The lowest BCUT2D eigenvalue weighted by Crippen LogP contribution is -1.77. The van der Waals surface area contributed by atoms with E-state index in [1.54, 1.807) is 0 Å². The van der Waals surface area contributed by atoms with Crippen molar-refractivity contribution in [3.05, 3.63) is 12.2 Å². The smallest absolute Gasteiger partial charge is 0.0351 e. The minimum absolute atomic E-state index is 1.32. The van der Waals surface area contributed by atoms with Crippen molar-refractivity contribution in [3.63, 3.8) is 0 Å². The number of rotatable bonds is 0. The van der Waals surface area contributed by atoms with Gasteiger partial charge >= 0.3 is 0 Å². The molecule has 0 saturated carbocycles. The summed E-state index contributed by atoms with van der Waals surface area (Å²) in [6.45, 7) is 0. The molecule has 0 aromatic carbocycles. The summed E-state index contributed by atoms with van der Waals surface area (Å²) >= 11 is 0. The second kappa shape index (κ2) is 6.30. The molecule has 0 unspecified atom stereocenters. The highest BCUT2D eigenvalue weighted by Gasteiger charge is 1.87. The van der Waals surface area contributed by atoms with Crippen molar-refractivity contribution in [1.82, 2.24) is 0 Å². The van der Waals surface area contributed by atoms with Crippen molar-refractivity contribution in [2.75, 3.05) is 0 Å². The summed E-state index contributed by atoms with van der Waals surface area (Å²) < 4.78 is 0. The average Bonchev–Trinajstić information content (AvgIpc) is 1.96. The molecular weight excluding hydrogens is 96.1 g/mol. The summed E-state index contributed by atoms with van der Waals surface area (Å²) in [4.78, 5) is 0. The van der Waals surface area contributed by atoms with Gasteiger partial charge in [-0.2, -0.15) is 0 Å². The molecule has 0 nitrogen and oxygen atoms in total. The van der Waals surface area contributed by atoms with Gasteiger partial charge in [0.1, 0.15) is 0 Å². The second-order valence-electron chi connectivity index (χ2n) is 1.76. The van der Waals surface area contributed by atoms with Crippen molar-refractivity contribution in [2.24, 2.45) is 0 Å². The average molecular weight is 108 g/mol. The topological polar surface area (TPSA) is 0 Å². The number of hydrogen-bond donors (Lipinski definition) is 0. The minimum atomic E-state index is 1.32. The van der Waals surface area contributed by atoms with Crippen molar-refractivity contribution in [3.8, 4) is 12.8 Å². The maximum atomic E-state index is 4.00. The van der Waals surface area contributed by atoms with Crippen LogP contribution in [0.2, 0.25) is 0 Å². The van der Waals surface area contributed by atoms with Crippen molar-refractivity contribution in [2.45, 2.75) is 25.7 Å². The van der Waals surface area contributed by atoms with E-state index in [0.29, 0.717) is 0 Å². The molecule has 1 aliphatic rings. The highest BCUT2D eigenvalue weighted by atomic mass is 13.9. The van der Waals surface area contributed by atoms with Gasteiger partial charge in [-0.05, 0) is 25.7 Å². The molecule has 0 aromatic heterocycles. The van der Waals surface area contributed by atoms with Gasteiger partial charge in [-0.25, -0.2) is 0 Å². The first-order valence-electron chi connectivity index (χ1n) is 2.98. The molecule has 0 aromatic rings. The number of terminal acetylenes is 1. The summed E-state index contributed by atoms with van der Waals surface area (Å²) in [5, 5.41) is 0. The van der Waals surface area contributed by atoms with Gasteiger partial charge in [-0.1, -0.05) is 12.2 Å². The van der Waals surface area contributed by atoms with Crippen LogP contribution in [0.1, 0.15) is 25.7 Å². The first-order chi connectivity index (χ1) is 4.00. The first kappa shape index (κ1) is 7.30. The fourth-order valence-electron chi connectivity index (χ4n) is 0.760. The summed E-state index contributed by atoms with van der Waals surface area (Å²) in [7, 11) is 0. The zero-order valence-electron chi connectivity index (χ0n) is 5.14. The van der Waals surface area contributed by atoms with Crippen LogP contribution >= 0.6 is 0 Å². The van der Waals surface area contributed by atoms with Crippen LogP contribution in [0.25, 0.3) is 0 Å². The summed E-state index contributed by atoms with van der Waals surface area (Å²) in [6.07, 6.45) is 18.0. The highest BCUT2D eigenvalue weighted by Crippen LogP contribution is 2.07. The summed E-state index contributed by atoms with van der Waals surface area (Å²) in [5.74, 6) is 0. The van der Waals surface area contributed by atoms with Gasteiger partial charge in [-0.3, -0.25) is 0 Å². The maximum absolute atomic E-state index is 4.00. The Morgan fingerprint density at radius 2 is 1.25 bits per heavy atom. The molecule has 0 heteroatoms. The molecule has 0 heterocycles. The largest absolute Gasteiger partial charge is 0.124 e. The predicted octanol–water partition coefficient (Wildman–Crippen LogP) is 2.37. The molecule has 0 bridgehead atoms. The molecule has 1 aliphatic carbocycles. The molecule has 0 aliphatic heterocycles. The van der Waals surface area contributed by atoms with Crippen LogP contribution in [0.3, 0.4) is 0 Å². The Balaban J connectivity index is 0.000000222. The number of hydrogen-bond acceptors (Lipinski definition) is 0. The zero-order valence-corrected chi connectivity index (χ0v) is 5.14. The van der Waals surface area contributed by atoms with Crippen LogP contribution < -0.4 is 0 Å². The molecule has 0 atom stereocenters. The van der Waals surface area contributed by atoms with E-state index in [0.717, 1.165) is 0 Å². The van der Waals surface area contributed by atoms with E-state index in [4.69, 9.17) is 0 Å². The van der Waals surface area contributed by atoms with Gasteiger partial charge in [0.2, 0.25) is 0 Å². The van der Waals surface area contributed by atoms with Crippen LogP contribution in [0.4, 0.5) is 0 Å². The van der Waals surface area contributed by atoms with Crippen LogP contribution in [0.15, 0.2) is 12.2 Å². The van der Waals surface area contributed by atoms with Crippen LogP contribution in [0, 0.1) is 12.8 Å². The lowest BCUT2D eigenvalue weighted by Gasteiger charge is -1.97. The SMILES string of the molecule is C#C.C1=CCCCC1. The normalized spacial score (nSPS) is 16.2. The molecule has 8 heavy (non-hydrogen) atoms. The van der Waals surface area contributed by atoms with E-state index < -0.39 is 0 Å². The quantitative estimate of drug-likeness (QED) is 0.330. The zero-order chi connectivity index (χ0) is 6.24. The summed E-state index contributed by atoms with van der Waals surface area (Å²) in [6, 6.07) is 0. The first-order valence-corrected chi connectivity index (χ1v) is 2.98. The number of allylic oxidation sites excluding steroid dienone is 2. The Bertz CT molecular complexity index is 69.3. The molecule has 0 spiro atoms. The fraction of sp³-hybridized carbons (Fsp3) is 0.500. The molecule has 44 valence electrons. The van der Waals surface area contributed by atoms with Gasteiger partial charge in [0.05, 0.1) is 0 Å². The third-order valence-corrected chi connectivity index (χ3v) is 1.16. The van der Waals surface area contributed by atoms with Gasteiger partial charge in [0.25, 0.3) is 0 Å². The molecule has 0 saturated heterocycles.